The Hall–Kier alpha value is -1.60. The lowest BCUT2D eigenvalue weighted by Gasteiger charge is -2.10. The van der Waals surface area contributed by atoms with E-state index in [0.29, 0.717) is 18.7 Å². The van der Waals surface area contributed by atoms with Gasteiger partial charge in [-0.3, -0.25) is 4.79 Å². The molecule has 1 heterocycles. The number of ether oxygens (including phenoxy) is 1. The third-order valence-corrected chi connectivity index (χ3v) is 4.75. The highest BCUT2D eigenvalue weighted by atomic mass is 32.2. The number of carbonyl (C=O) groups is 1. The Morgan fingerprint density at radius 3 is 2.58 bits per heavy atom. The number of hydrogen-bond donors (Lipinski definition) is 2. The number of amides is 1. The van der Waals surface area contributed by atoms with E-state index in [9.17, 15) is 13.2 Å². The molecule has 1 fully saturated rings. The first-order valence-corrected chi connectivity index (χ1v) is 7.46. The molecule has 0 aromatic heterocycles. The van der Waals surface area contributed by atoms with Gasteiger partial charge in [-0.15, -0.1) is 0 Å². The van der Waals surface area contributed by atoms with Gasteiger partial charge in [0.15, 0.2) is 5.25 Å². The standard InChI is InChI=1S/C12H16N2O4S/c1-18-10-4-2-9(3-5-10)8-14-19(16,17)11-6-7-13-12(11)15/h2-5,11,14H,6-8H2,1H3,(H,13,15). The molecule has 6 nitrogen and oxygen atoms in total. The monoisotopic (exact) mass is 284 g/mol. The Morgan fingerprint density at radius 1 is 1.37 bits per heavy atom. The largest absolute Gasteiger partial charge is 0.497 e. The maximum Gasteiger partial charge on any atom is 0.239 e. The highest BCUT2D eigenvalue weighted by Crippen LogP contribution is 2.13. The molecule has 1 saturated heterocycles. The van der Waals surface area contributed by atoms with Gasteiger partial charge in [0.25, 0.3) is 0 Å². The van der Waals surface area contributed by atoms with Crippen molar-refractivity contribution in [1.82, 2.24) is 10.0 Å². The second-order valence-electron chi connectivity index (χ2n) is 4.28. The minimum atomic E-state index is -3.62. The lowest BCUT2D eigenvalue weighted by molar-refractivity contribution is -0.118. The van der Waals surface area contributed by atoms with Crippen LogP contribution in [0.2, 0.25) is 0 Å². The Morgan fingerprint density at radius 2 is 2.05 bits per heavy atom. The molecule has 19 heavy (non-hydrogen) atoms. The third kappa shape index (κ3) is 3.24. The molecule has 0 radical (unpaired) electrons. The average molecular weight is 284 g/mol. The number of methoxy groups -OCH3 is 1. The fourth-order valence-corrected chi connectivity index (χ4v) is 3.26. The van der Waals surface area contributed by atoms with Crippen LogP contribution in [0.5, 0.6) is 5.75 Å². The summed E-state index contributed by atoms with van der Waals surface area (Å²) < 4.78 is 31.4. The molecule has 104 valence electrons. The van der Waals surface area contributed by atoms with Crippen LogP contribution in [-0.4, -0.2) is 33.2 Å². The van der Waals surface area contributed by atoms with Gasteiger partial charge in [-0.2, -0.15) is 0 Å². The van der Waals surface area contributed by atoms with E-state index in [1.165, 1.54) is 0 Å². The van der Waals surface area contributed by atoms with Crippen molar-refractivity contribution in [3.8, 4) is 5.75 Å². The molecule has 1 aromatic rings. The van der Waals surface area contributed by atoms with Crippen LogP contribution in [0, 0.1) is 0 Å². The molecule has 0 bridgehead atoms. The van der Waals surface area contributed by atoms with Crippen molar-refractivity contribution in [2.75, 3.05) is 13.7 Å². The van der Waals surface area contributed by atoms with Crippen LogP contribution in [-0.2, 0) is 21.4 Å². The summed E-state index contributed by atoms with van der Waals surface area (Å²) in [7, 11) is -2.05. The first kappa shape index (κ1) is 13.8. The molecule has 1 aromatic carbocycles. The van der Waals surface area contributed by atoms with Gasteiger partial charge in [-0.1, -0.05) is 12.1 Å². The van der Waals surface area contributed by atoms with E-state index in [4.69, 9.17) is 4.74 Å². The van der Waals surface area contributed by atoms with E-state index in [1.807, 2.05) is 0 Å². The van der Waals surface area contributed by atoms with Crippen LogP contribution in [0.15, 0.2) is 24.3 Å². The molecule has 0 saturated carbocycles. The summed E-state index contributed by atoms with van der Waals surface area (Å²) in [5.74, 6) is 0.281. The Kier molecular flexibility index (Phi) is 4.06. The molecule has 1 unspecified atom stereocenters. The summed E-state index contributed by atoms with van der Waals surface area (Å²) in [6.45, 7) is 0.572. The van der Waals surface area contributed by atoms with Gasteiger partial charge in [0.1, 0.15) is 5.75 Å². The summed E-state index contributed by atoms with van der Waals surface area (Å²) in [5.41, 5.74) is 0.808. The zero-order chi connectivity index (χ0) is 13.9. The van der Waals surface area contributed by atoms with Crippen LogP contribution in [0.1, 0.15) is 12.0 Å². The number of sulfonamides is 1. The van der Waals surface area contributed by atoms with Gasteiger partial charge in [0, 0.05) is 13.1 Å². The summed E-state index contributed by atoms with van der Waals surface area (Å²) in [6.07, 6.45) is 0.316. The van der Waals surface area contributed by atoms with E-state index in [1.54, 1.807) is 31.4 Å². The number of benzene rings is 1. The average Bonchev–Trinajstić information content (AvgIpc) is 2.84. The van der Waals surface area contributed by atoms with Crippen molar-refractivity contribution in [3.63, 3.8) is 0 Å². The first-order valence-electron chi connectivity index (χ1n) is 5.92. The maximum absolute atomic E-state index is 11.9. The predicted octanol–water partition coefficient (Wildman–Crippen LogP) is 0.00310. The number of rotatable bonds is 5. The van der Waals surface area contributed by atoms with Crippen molar-refractivity contribution in [2.45, 2.75) is 18.2 Å². The fraction of sp³-hybridized carbons (Fsp3) is 0.417. The lowest BCUT2D eigenvalue weighted by Crippen LogP contribution is -2.38. The predicted molar refractivity (Wildman–Crippen MR) is 70.2 cm³/mol. The van der Waals surface area contributed by atoms with E-state index in [-0.39, 0.29) is 6.54 Å². The molecule has 1 amide bonds. The summed E-state index contributed by atoms with van der Waals surface area (Å²) in [5, 5.41) is 1.53. The van der Waals surface area contributed by atoms with Crippen LogP contribution in [0.3, 0.4) is 0 Å². The topological polar surface area (TPSA) is 84.5 Å². The Labute approximate surface area is 112 Å². The zero-order valence-corrected chi connectivity index (χ0v) is 11.4. The van der Waals surface area contributed by atoms with Gasteiger partial charge in [0.05, 0.1) is 7.11 Å². The van der Waals surface area contributed by atoms with Crippen molar-refractivity contribution in [3.05, 3.63) is 29.8 Å². The highest BCUT2D eigenvalue weighted by molar-refractivity contribution is 7.90. The van der Waals surface area contributed by atoms with E-state index in [0.717, 1.165) is 5.56 Å². The van der Waals surface area contributed by atoms with Crippen LogP contribution < -0.4 is 14.8 Å². The molecular formula is C12H16N2O4S. The number of hydrogen-bond acceptors (Lipinski definition) is 4. The van der Waals surface area contributed by atoms with Gasteiger partial charge in [-0.25, -0.2) is 13.1 Å². The molecular weight excluding hydrogens is 268 g/mol. The summed E-state index contributed by atoms with van der Waals surface area (Å²) in [6, 6.07) is 7.06. The van der Waals surface area contributed by atoms with Gasteiger partial charge < -0.3 is 10.1 Å². The van der Waals surface area contributed by atoms with Crippen LogP contribution >= 0.6 is 0 Å². The normalized spacial score (nSPS) is 19.2. The van der Waals surface area contributed by atoms with Crippen molar-refractivity contribution < 1.29 is 17.9 Å². The number of carbonyl (C=O) groups excluding carboxylic acids is 1. The van der Waals surface area contributed by atoms with E-state index in [2.05, 4.69) is 10.0 Å². The summed E-state index contributed by atoms with van der Waals surface area (Å²) in [4.78, 5) is 11.4. The summed E-state index contributed by atoms with van der Waals surface area (Å²) >= 11 is 0. The molecule has 1 aliphatic heterocycles. The number of nitrogens with one attached hydrogen (secondary N) is 2. The Balaban J connectivity index is 1.99. The first-order chi connectivity index (χ1) is 9.03. The molecule has 1 aliphatic rings. The highest BCUT2D eigenvalue weighted by Gasteiger charge is 2.35. The molecule has 1 atom stereocenters. The zero-order valence-electron chi connectivity index (χ0n) is 10.5. The van der Waals surface area contributed by atoms with Crippen LogP contribution in [0.25, 0.3) is 0 Å². The molecule has 0 spiro atoms. The van der Waals surface area contributed by atoms with Gasteiger partial charge in [-0.05, 0) is 24.1 Å². The Bertz CT molecular complexity index is 554. The molecule has 2 rings (SSSR count). The quantitative estimate of drug-likeness (QED) is 0.797. The lowest BCUT2D eigenvalue weighted by atomic mass is 10.2. The maximum atomic E-state index is 11.9. The second-order valence-corrected chi connectivity index (χ2v) is 6.23. The molecule has 2 N–H and O–H groups in total. The van der Waals surface area contributed by atoms with Gasteiger partial charge in [0.2, 0.25) is 15.9 Å². The fourth-order valence-electron chi connectivity index (χ4n) is 1.90. The smallest absolute Gasteiger partial charge is 0.239 e. The SMILES string of the molecule is COc1ccc(CNS(=O)(=O)C2CCNC2=O)cc1. The van der Waals surface area contributed by atoms with Gasteiger partial charge >= 0.3 is 0 Å². The third-order valence-electron chi connectivity index (χ3n) is 3.01. The van der Waals surface area contributed by atoms with Crippen molar-refractivity contribution in [1.29, 1.82) is 0 Å². The molecule has 7 heteroatoms. The molecule has 0 aliphatic carbocycles. The minimum absolute atomic E-state index is 0.163. The van der Waals surface area contributed by atoms with Crippen molar-refractivity contribution in [2.24, 2.45) is 0 Å². The second kappa shape index (κ2) is 5.58. The van der Waals surface area contributed by atoms with E-state index >= 15 is 0 Å². The van der Waals surface area contributed by atoms with Crippen LogP contribution in [0.4, 0.5) is 0 Å². The van der Waals surface area contributed by atoms with E-state index < -0.39 is 21.2 Å². The van der Waals surface area contributed by atoms with Crippen molar-refractivity contribution >= 4 is 15.9 Å². The minimum Gasteiger partial charge on any atom is -0.497 e.